The number of thiophene rings is 1. The molecule has 264 valence electrons. The number of furan rings is 1. The number of nitrogens with zero attached hydrogens (tertiary/aromatic N) is 2. The summed E-state index contributed by atoms with van der Waals surface area (Å²) in [7, 11) is 0. The van der Waals surface area contributed by atoms with Crippen molar-refractivity contribution in [3.05, 3.63) is 206 Å². The standard InChI is InChI=1S/C52H34N2OS/c1-3-17-37(18-4-1)53(39-29-30-51-47(34-39)45-23-10-12-28-50(45)56-51)40-31-36(43-24-14-25-46-44-22-9-11-27-49(44)55-52(43)46)32-41(33-40)54(38-19-5-2-6-20-38)48-26-13-16-35-15-7-8-21-42(35)48/h1-34H. The van der Waals surface area contributed by atoms with Crippen molar-refractivity contribution < 1.29 is 4.42 Å². The Morgan fingerprint density at radius 2 is 0.964 bits per heavy atom. The summed E-state index contributed by atoms with van der Waals surface area (Å²) in [5.74, 6) is 0. The van der Waals surface area contributed by atoms with Crippen LogP contribution in [-0.2, 0) is 0 Å². The lowest BCUT2D eigenvalue weighted by Crippen LogP contribution is -2.14. The molecule has 0 saturated heterocycles. The zero-order chi connectivity index (χ0) is 37.0. The Balaban J connectivity index is 1.22. The molecule has 0 N–H and O–H groups in total. The SMILES string of the molecule is c1ccc(N(c2cc(-c3cccc4c3oc3ccccc34)cc(N(c3ccccc3)c3cccc4ccccc34)c2)c2ccc3sc4ccccc4c3c2)cc1. The minimum atomic E-state index is 0.880. The minimum Gasteiger partial charge on any atom is -0.455 e. The van der Waals surface area contributed by atoms with Crippen LogP contribution < -0.4 is 9.80 Å². The first-order valence-electron chi connectivity index (χ1n) is 18.9. The Bertz CT molecular complexity index is 3210. The van der Waals surface area contributed by atoms with Crippen LogP contribution in [0.3, 0.4) is 0 Å². The average Bonchev–Trinajstić information content (AvgIpc) is 3.83. The minimum absolute atomic E-state index is 0.880. The lowest BCUT2D eigenvalue weighted by molar-refractivity contribution is 0.670. The smallest absolute Gasteiger partial charge is 0.143 e. The van der Waals surface area contributed by atoms with Gasteiger partial charge in [-0.1, -0.05) is 127 Å². The molecule has 0 aliphatic heterocycles. The molecule has 0 spiro atoms. The molecular weight excluding hydrogens is 701 g/mol. The third kappa shape index (κ3) is 5.42. The Morgan fingerprint density at radius 3 is 1.79 bits per heavy atom. The second kappa shape index (κ2) is 13.3. The molecule has 4 heteroatoms. The van der Waals surface area contributed by atoms with Crippen molar-refractivity contribution in [2.45, 2.75) is 0 Å². The molecule has 2 heterocycles. The molecular formula is C52H34N2OS. The zero-order valence-corrected chi connectivity index (χ0v) is 31.2. The van der Waals surface area contributed by atoms with E-state index in [0.29, 0.717) is 0 Å². The highest BCUT2D eigenvalue weighted by atomic mass is 32.1. The number of para-hydroxylation sites is 4. The molecule has 0 saturated carbocycles. The van der Waals surface area contributed by atoms with E-state index in [2.05, 4.69) is 210 Å². The molecule has 9 aromatic carbocycles. The maximum Gasteiger partial charge on any atom is 0.143 e. The van der Waals surface area contributed by atoms with Gasteiger partial charge in [-0.3, -0.25) is 0 Å². The van der Waals surface area contributed by atoms with Crippen molar-refractivity contribution in [3.63, 3.8) is 0 Å². The molecule has 0 unspecified atom stereocenters. The summed E-state index contributed by atoms with van der Waals surface area (Å²) in [4.78, 5) is 4.79. The summed E-state index contributed by atoms with van der Waals surface area (Å²) in [5, 5.41) is 7.13. The van der Waals surface area contributed by atoms with Crippen LogP contribution in [0.25, 0.3) is 64.0 Å². The number of hydrogen-bond donors (Lipinski definition) is 0. The van der Waals surface area contributed by atoms with E-state index in [4.69, 9.17) is 4.42 Å². The second-order valence-electron chi connectivity index (χ2n) is 14.1. The molecule has 3 nitrogen and oxygen atoms in total. The third-order valence-corrected chi connectivity index (χ3v) is 11.9. The van der Waals surface area contributed by atoms with E-state index in [9.17, 15) is 0 Å². The van der Waals surface area contributed by atoms with Crippen LogP contribution in [-0.4, -0.2) is 0 Å². The molecule has 56 heavy (non-hydrogen) atoms. The Labute approximate surface area is 328 Å². The van der Waals surface area contributed by atoms with E-state index < -0.39 is 0 Å². The maximum atomic E-state index is 6.69. The van der Waals surface area contributed by atoms with E-state index in [0.717, 1.165) is 67.2 Å². The number of hydrogen-bond acceptors (Lipinski definition) is 4. The van der Waals surface area contributed by atoms with Crippen molar-refractivity contribution in [3.8, 4) is 11.1 Å². The highest BCUT2D eigenvalue weighted by Crippen LogP contribution is 2.47. The Hall–Kier alpha value is -7.14. The van der Waals surface area contributed by atoms with Crippen molar-refractivity contribution in [1.29, 1.82) is 0 Å². The first kappa shape index (κ1) is 32.3. The summed E-state index contributed by atoms with van der Waals surface area (Å²) in [6, 6.07) is 74.0. The first-order valence-corrected chi connectivity index (χ1v) is 19.7. The van der Waals surface area contributed by atoms with E-state index in [-0.39, 0.29) is 0 Å². The normalized spacial score (nSPS) is 11.6. The second-order valence-corrected chi connectivity index (χ2v) is 15.2. The van der Waals surface area contributed by atoms with Gasteiger partial charge in [-0.05, 0) is 89.8 Å². The van der Waals surface area contributed by atoms with Crippen LogP contribution in [0.5, 0.6) is 0 Å². The molecule has 2 aromatic heterocycles. The predicted octanol–water partition coefficient (Wildman–Crippen LogP) is 15.7. The van der Waals surface area contributed by atoms with E-state index in [1.165, 1.54) is 30.9 Å². The maximum absolute atomic E-state index is 6.69. The molecule has 0 amide bonds. The monoisotopic (exact) mass is 734 g/mol. The van der Waals surface area contributed by atoms with Crippen LogP contribution in [0.2, 0.25) is 0 Å². The average molecular weight is 735 g/mol. The van der Waals surface area contributed by atoms with Gasteiger partial charge in [0, 0.05) is 70.3 Å². The lowest BCUT2D eigenvalue weighted by Gasteiger charge is -2.31. The van der Waals surface area contributed by atoms with Crippen molar-refractivity contribution >= 4 is 98.3 Å². The summed E-state index contributed by atoms with van der Waals surface area (Å²) in [6.07, 6.45) is 0. The first-order chi connectivity index (χ1) is 27.8. The van der Waals surface area contributed by atoms with Gasteiger partial charge in [0.1, 0.15) is 11.2 Å². The summed E-state index contributed by atoms with van der Waals surface area (Å²) < 4.78 is 9.26. The summed E-state index contributed by atoms with van der Waals surface area (Å²) >= 11 is 1.84. The fraction of sp³-hybridized carbons (Fsp3) is 0. The number of fused-ring (bicyclic) bond motifs is 7. The van der Waals surface area contributed by atoms with Crippen molar-refractivity contribution in [2.24, 2.45) is 0 Å². The van der Waals surface area contributed by atoms with Crippen molar-refractivity contribution in [1.82, 2.24) is 0 Å². The quantitative estimate of drug-likeness (QED) is 0.163. The van der Waals surface area contributed by atoms with Gasteiger partial charge in [-0.25, -0.2) is 0 Å². The zero-order valence-electron chi connectivity index (χ0n) is 30.3. The van der Waals surface area contributed by atoms with E-state index in [1.807, 2.05) is 17.4 Å². The Morgan fingerprint density at radius 1 is 0.357 bits per heavy atom. The fourth-order valence-corrected chi connectivity index (χ4v) is 9.35. The molecule has 0 aliphatic carbocycles. The van der Waals surface area contributed by atoms with Crippen LogP contribution in [0.1, 0.15) is 0 Å². The fourth-order valence-electron chi connectivity index (χ4n) is 8.27. The largest absolute Gasteiger partial charge is 0.455 e. The van der Waals surface area contributed by atoms with E-state index in [1.54, 1.807) is 0 Å². The summed E-state index contributed by atoms with van der Waals surface area (Å²) in [5.41, 5.74) is 10.3. The van der Waals surface area contributed by atoms with Gasteiger partial charge in [0.05, 0.1) is 5.69 Å². The topological polar surface area (TPSA) is 19.6 Å². The molecule has 11 rings (SSSR count). The molecule has 0 atom stereocenters. The van der Waals surface area contributed by atoms with Gasteiger partial charge in [0.25, 0.3) is 0 Å². The van der Waals surface area contributed by atoms with Crippen molar-refractivity contribution in [2.75, 3.05) is 9.80 Å². The van der Waals surface area contributed by atoms with Crippen LogP contribution in [0.15, 0.2) is 211 Å². The Kier molecular flexibility index (Phi) is 7.68. The van der Waals surface area contributed by atoms with Crippen LogP contribution >= 0.6 is 11.3 Å². The highest BCUT2D eigenvalue weighted by Gasteiger charge is 2.22. The van der Waals surface area contributed by atoms with Crippen LogP contribution in [0.4, 0.5) is 34.1 Å². The molecule has 11 aromatic rings. The van der Waals surface area contributed by atoms with Gasteiger partial charge in [-0.15, -0.1) is 11.3 Å². The molecule has 0 bridgehead atoms. The predicted molar refractivity (Wildman–Crippen MR) is 239 cm³/mol. The number of anilines is 6. The van der Waals surface area contributed by atoms with Gasteiger partial charge < -0.3 is 14.2 Å². The molecule has 0 fully saturated rings. The molecule has 0 aliphatic rings. The number of benzene rings is 9. The van der Waals surface area contributed by atoms with E-state index >= 15 is 0 Å². The van der Waals surface area contributed by atoms with Gasteiger partial charge >= 0.3 is 0 Å². The lowest BCUT2D eigenvalue weighted by atomic mass is 9.99. The van der Waals surface area contributed by atoms with Gasteiger partial charge in [-0.2, -0.15) is 0 Å². The van der Waals surface area contributed by atoms with Crippen LogP contribution in [0, 0.1) is 0 Å². The van der Waals surface area contributed by atoms with Gasteiger partial charge in [0.15, 0.2) is 0 Å². The highest BCUT2D eigenvalue weighted by molar-refractivity contribution is 7.25. The number of rotatable bonds is 7. The molecule has 0 radical (unpaired) electrons. The summed E-state index contributed by atoms with van der Waals surface area (Å²) in [6.45, 7) is 0. The third-order valence-electron chi connectivity index (χ3n) is 10.8. The van der Waals surface area contributed by atoms with Gasteiger partial charge in [0.2, 0.25) is 0 Å².